The van der Waals surface area contributed by atoms with E-state index in [1.807, 2.05) is 61.5 Å². The normalized spacial score (nSPS) is 14.2. The van der Waals surface area contributed by atoms with Gasteiger partial charge in [0.1, 0.15) is 11.5 Å². The summed E-state index contributed by atoms with van der Waals surface area (Å²) in [5.41, 5.74) is 7.00. The number of carbonyl (C=O) groups is 1. The molecule has 0 aromatic heterocycles. The number of rotatable bonds is 6. The van der Waals surface area contributed by atoms with Crippen LogP contribution in [0.1, 0.15) is 55.4 Å². The molecule has 4 heteroatoms. The van der Waals surface area contributed by atoms with E-state index in [0.717, 1.165) is 44.9 Å². The number of benzene rings is 3. The highest BCUT2D eigenvalue weighted by atomic mass is 35.5. The Labute approximate surface area is 193 Å². The first-order valence-corrected chi connectivity index (χ1v) is 11.0. The van der Waals surface area contributed by atoms with Crippen LogP contribution in [-0.4, -0.2) is 11.1 Å². The Balaban J connectivity index is 1.60. The van der Waals surface area contributed by atoms with Gasteiger partial charge < -0.3 is 9.84 Å². The molecule has 4 rings (SSSR count). The number of fused-ring (bicyclic) bond motifs is 1. The van der Waals surface area contributed by atoms with Gasteiger partial charge in [-0.05, 0) is 94.3 Å². The topological polar surface area (TPSA) is 46.5 Å². The fourth-order valence-electron chi connectivity index (χ4n) is 3.99. The number of halogens is 1. The van der Waals surface area contributed by atoms with E-state index in [0.29, 0.717) is 10.9 Å². The van der Waals surface area contributed by atoms with E-state index in [2.05, 4.69) is 32.1 Å². The molecular weight excluding hydrogens is 420 g/mol. The molecule has 32 heavy (non-hydrogen) atoms. The van der Waals surface area contributed by atoms with Crippen molar-refractivity contribution in [3.63, 3.8) is 0 Å². The number of hydrogen-bond acceptors (Lipinski definition) is 2. The average molecular weight is 445 g/mol. The summed E-state index contributed by atoms with van der Waals surface area (Å²) in [7, 11) is 0. The van der Waals surface area contributed by atoms with Gasteiger partial charge in [0.2, 0.25) is 0 Å². The predicted molar refractivity (Wildman–Crippen MR) is 131 cm³/mol. The van der Waals surface area contributed by atoms with Gasteiger partial charge in [0.15, 0.2) is 0 Å². The first kappa shape index (κ1) is 21.9. The maximum absolute atomic E-state index is 11.4. The van der Waals surface area contributed by atoms with Crippen molar-refractivity contribution < 1.29 is 14.6 Å². The van der Waals surface area contributed by atoms with E-state index >= 15 is 0 Å². The summed E-state index contributed by atoms with van der Waals surface area (Å²) in [6.07, 6.45) is 2.05. The van der Waals surface area contributed by atoms with Crippen molar-refractivity contribution in [2.45, 2.75) is 33.1 Å². The molecule has 162 valence electrons. The van der Waals surface area contributed by atoms with E-state index in [9.17, 15) is 9.90 Å². The van der Waals surface area contributed by atoms with Crippen LogP contribution >= 0.6 is 11.6 Å². The Hall–Kier alpha value is -3.30. The van der Waals surface area contributed by atoms with E-state index in [1.54, 1.807) is 0 Å². The monoisotopic (exact) mass is 444 g/mol. The van der Waals surface area contributed by atoms with Gasteiger partial charge in [-0.2, -0.15) is 0 Å². The average Bonchev–Trinajstić information content (AvgIpc) is 3.00. The summed E-state index contributed by atoms with van der Waals surface area (Å²) in [4.78, 5) is 11.4. The minimum Gasteiger partial charge on any atom is -0.481 e. The standard InChI is InChI=1S/C28H25ClO3/c1-17(2)20-6-11-23(12-7-20)32-22-9-4-19(5-10-22)14-25-18(3)26(16-28(30)31)27-15-21(29)8-13-24(25)27/h4-15,17H,16H2,1-3H3,(H,30,31)/b25-14+. The fourth-order valence-corrected chi connectivity index (χ4v) is 4.16. The van der Waals surface area contributed by atoms with Crippen LogP contribution in [0.15, 0.2) is 72.3 Å². The number of carboxylic acids is 1. The van der Waals surface area contributed by atoms with Gasteiger partial charge in [-0.3, -0.25) is 4.79 Å². The Kier molecular flexibility index (Phi) is 6.20. The summed E-state index contributed by atoms with van der Waals surface area (Å²) in [6, 6.07) is 21.7. The van der Waals surface area contributed by atoms with Crippen molar-refractivity contribution in [1.29, 1.82) is 0 Å². The molecule has 0 atom stereocenters. The summed E-state index contributed by atoms with van der Waals surface area (Å²) in [5, 5.41) is 9.96. The van der Waals surface area contributed by atoms with Crippen LogP contribution in [0.4, 0.5) is 0 Å². The first-order chi connectivity index (χ1) is 15.3. The third-order valence-electron chi connectivity index (χ3n) is 5.76. The quantitative estimate of drug-likeness (QED) is 0.418. The van der Waals surface area contributed by atoms with Crippen LogP contribution in [0.2, 0.25) is 5.02 Å². The zero-order chi connectivity index (χ0) is 22.8. The van der Waals surface area contributed by atoms with Crippen LogP contribution in [0, 0.1) is 0 Å². The molecule has 3 aromatic rings. The maximum atomic E-state index is 11.4. The second-order valence-corrected chi connectivity index (χ2v) is 8.75. The molecule has 1 N–H and O–H groups in total. The Bertz CT molecular complexity index is 1220. The summed E-state index contributed by atoms with van der Waals surface area (Å²) in [5.74, 6) is 1.21. The number of aliphatic carboxylic acids is 1. The third kappa shape index (κ3) is 4.63. The molecule has 0 heterocycles. The Morgan fingerprint density at radius 1 is 0.969 bits per heavy atom. The van der Waals surface area contributed by atoms with Crippen LogP contribution in [0.25, 0.3) is 17.2 Å². The van der Waals surface area contributed by atoms with E-state index in [-0.39, 0.29) is 6.42 Å². The highest BCUT2D eigenvalue weighted by Crippen LogP contribution is 2.44. The molecule has 0 aliphatic heterocycles. The number of hydrogen-bond donors (Lipinski definition) is 1. The lowest BCUT2D eigenvalue weighted by Gasteiger charge is -2.09. The molecular formula is C28H25ClO3. The van der Waals surface area contributed by atoms with Crippen molar-refractivity contribution in [1.82, 2.24) is 0 Å². The van der Waals surface area contributed by atoms with Crippen molar-refractivity contribution in [2.24, 2.45) is 0 Å². The molecule has 3 aromatic carbocycles. The molecule has 1 aliphatic rings. The zero-order valence-electron chi connectivity index (χ0n) is 18.4. The van der Waals surface area contributed by atoms with Gasteiger partial charge in [0.05, 0.1) is 6.42 Å². The first-order valence-electron chi connectivity index (χ1n) is 10.6. The van der Waals surface area contributed by atoms with Crippen LogP contribution in [0.3, 0.4) is 0 Å². The summed E-state index contributed by atoms with van der Waals surface area (Å²) in [6.45, 7) is 6.31. The van der Waals surface area contributed by atoms with Crippen LogP contribution in [0.5, 0.6) is 11.5 Å². The third-order valence-corrected chi connectivity index (χ3v) is 5.99. The lowest BCUT2D eigenvalue weighted by atomic mass is 10.0. The molecule has 0 radical (unpaired) electrons. The zero-order valence-corrected chi connectivity index (χ0v) is 19.1. The maximum Gasteiger partial charge on any atom is 0.307 e. The number of allylic oxidation sites excluding steroid dienone is 2. The van der Waals surface area contributed by atoms with Gasteiger partial charge in [0, 0.05) is 5.02 Å². The lowest BCUT2D eigenvalue weighted by molar-refractivity contribution is -0.135. The second-order valence-electron chi connectivity index (χ2n) is 8.32. The minimum absolute atomic E-state index is 0.0289. The Morgan fingerprint density at radius 2 is 1.59 bits per heavy atom. The second kappa shape index (κ2) is 9.05. The molecule has 0 amide bonds. The SMILES string of the molecule is CC1=C(CC(=O)O)c2cc(Cl)ccc2/C1=C/c1ccc(Oc2ccc(C(C)C)cc2)cc1. The van der Waals surface area contributed by atoms with Crippen molar-refractivity contribution in [2.75, 3.05) is 0 Å². The van der Waals surface area contributed by atoms with E-state index in [4.69, 9.17) is 16.3 Å². The van der Waals surface area contributed by atoms with Crippen molar-refractivity contribution in [3.8, 4) is 11.5 Å². The molecule has 3 nitrogen and oxygen atoms in total. The summed E-state index contributed by atoms with van der Waals surface area (Å²) < 4.78 is 5.98. The van der Waals surface area contributed by atoms with Crippen molar-refractivity contribution in [3.05, 3.63) is 99.6 Å². The fraction of sp³-hybridized carbons (Fsp3) is 0.179. The highest BCUT2D eigenvalue weighted by molar-refractivity contribution is 6.31. The molecule has 0 saturated heterocycles. The van der Waals surface area contributed by atoms with Crippen LogP contribution < -0.4 is 4.74 Å². The lowest BCUT2D eigenvalue weighted by Crippen LogP contribution is -1.96. The van der Waals surface area contributed by atoms with Gasteiger partial charge in [0.25, 0.3) is 0 Å². The molecule has 1 aliphatic carbocycles. The largest absolute Gasteiger partial charge is 0.481 e. The Morgan fingerprint density at radius 3 is 2.19 bits per heavy atom. The molecule has 0 saturated carbocycles. The van der Waals surface area contributed by atoms with Crippen molar-refractivity contribution >= 4 is 34.8 Å². The number of carboxylic acid groups (broad SMARTS) is 1. The summed E-state index contributed by atoms with van der Waals surface area (Å²) >= 11 is 6.19. The highest BCUT2D eigenvalue weighted by Gasteiger charge is 2.25. The van der Waals surface area contributed by atoms with Gasteiger partial charge in [-0.25, -0.2) is 0 Å². The van der Waals surface area contributed by atoms with E-state index < -0.39 is 5.97 Å². The smallest absolute Gasteiger partial charge is 0.307 e. The van der Waals surface area contributed by atoms with E-state index in [1.165, 1.54) is 5.56 Å². The van der Waals surface area contributed by atoms with Gasteiger partial charge in [-0.15, -0.1) is 0 Å². The van der Waals surface area contributed by atoms with Gasteiger partial charge >= 0.3 is 5.97 Å². The molecule has 0 bridgehead atoms. The molecule has 0 unspecified atom stereocenters. The molecule has 0 spiro atoms. The minimum atomic E-state index is -0.852. The van der Waals surface area contributed by atoms with Crippen LogP contribution in [-0.2, 0) is 4.79 Å². The molecule has 0 fully saturated rings. The predicted octanol–water partition coefficient (Wildman–Crippen LogP) is 8.06. The van der Waals surface area contributed by atoms with Gasteiger partial charge in [-0.1, -0.05) is 55.8 Å². The number of ether oxygens (including phenoxy) is 1.